The molecule has 1 aromatic rings. The molecule has 1 nitrogen and oxygen atoms in total. The molecule has 0 fully saturated rings. The van der Waals surface area contributed by atoms with Gasteiger partial charge in [-0.3, -0.25) is 0 Å². The summed E-state index contributed by atoms with van der Waals surface area (Å²) >= 11 is 9.02. The summed E-state index contributed by atoms with van der Waals surface area (Å²) in [5, 5.41) is 0.380. The standard InChI is InChI=1S/C11H12BrClF3N/c1-10(2,9(17)11(14,15)16)7-5-6(13)3-4-8(7)12/h3-5,9H,17H2,1-2H3. The summed E-state index contributed by atoms with van der Waals surface area (Å²) < 4.78 is 38.6. The molecule has 0 bridgehead atoms. The Kier molecular flexibility index (Phi) is 4.16. The van der Waals surface area contributed by atoms with Gasteiger partial charge in [-0.15, -0.1) is 0 Å². The molecule has 0 aliphatic heterocycles. The van der Waals surface area contributed by atoms with Gasteiger partial charge in [0.15, 0.2) is 0 Å². The lowest BCUT2D eigenvalue weighted by Crippen LogP contribution is -2.51. The highest BCUT2D eigenvalue weighted by Gasteiger charge is 2.47. The number of halogens is 5. The number of nitrogens with two attached hydrogens (primary N) is 1. The van der Waals surface area contributed by atoms with Crippen LogP contribution in [-0.2, 0) is 5.41 Å². The predicted octanol–water partition coefficient (Wildman–Crippen LogP) is 4.27. The number of alkyl halides is 3. The average Bonchev–Trinajstić information content (AvgIpc) is 2.19. The van der Waals surface area contributed by atoms with Gasteiger partial charge >= 0.3 is 6.18 Å². The zero-order valence-electron chi connectivity index (χ0n) is 9.28. The second kappa shape index (κ2) is 4.78. The molecule has 0 saturated heterocycles. The van der Waals surface area contributed by atoms with Crippen molar-refractivity contribution in [2.45, 2.75) is 31.5 Å². The molecule has 0 spiro atoms. The van der Waals surface area contributed by atoms with Gasteiger partial charge in [-0.2, -0.15) is 13.2 Å². The van der Waals surface area contributed by atoms with Crippen LogP contribution in [0.2, 0.25) is 5.02 Å². The molecule has 17 heavy (non-hydrogen) atoms. The van der Waals surface area contributed by atoms with Crippen molar-refractivity contribution >= 4 is 27.5 Å². The van der Waals surface area contributed by atoms with E-state index in [4.69, 9.17) is 17.3 Å². The Morgan fingerprint density at radius 2 is 1.82 bits per heavy atom. The molecule has 1 unspecified atom stereocenters. The maximum Gasteiger partial charge on any atom is 0.404 e. The van der Waals surface area contributed by atoms with Crippen molar-refractivity contribution in [1.82, 2.24) is 0 Å². The fraction of sp³-hybridized carbons (Fsp3) is 0.455. The summed E-state index contributed by atoms with van der Waals surface area (Å²) in [6, 6.07) is 2.76. The molecule has 1 atom stereocenters. The van der Waals surface area contributed by atoms with E-state index in [1.54, 1.807) is 12.1 Å². The highest BCUT2D eigenvalue weighted by Crippen LogP contribution is 2.39. The van der Waals surface area contributed by atoms with Crippen LogP contribution in [-0.4, -0.2) is 12.2 Å². The molecule has 0 aromatic heterocycles. The maximum atomic E-state index is 12.7. The first-order chi connectivity index (χ1) is 7.56. The van der Waals surface area contributed by atoms with Gasteiger partial charge < -0.3 is 5.73 Å². The molecular weight excluding hydrogens is 318 g/mol. The highest BCUT2D eigenvalue weighted by molar-refractivity contribution is 9.10. The van der Waals surface area contributed by atoms with Crippen molar-refractivity contribution in [3.05, 3.63) is 33.3 Å². The van der Waals surface area contributed by atoms with Crippen LogP contribution in [0.25, 0.3) is 0 Å². The Hall–Kier alpha value is -0.260. The SMILES string of the molecule is CC(C)(c1cc(Cl)ccc1Br)C(N)C(F)(F)F. The van der Waals surface area contributed by atoms with Crippen LogP contribution in [0.4, 0.5) is 13.2 Å². The van der Waals surface area contributed by atoms with E-state index in [1.165, 1.54) is 19.9 Å². The molecule has 0 aliphatic rings. The van der Waals surface area contributed by atoms with Crippen LogP contribution in [0.3, 0.4) is 0 Å². The molecule has 6 heteroatoms. The Morgan fingerprint density at radius 3 is 2.29 bits per heavy atom. The summed E-state index contributed by atoms with van der Waals surface area (Å²) in [6.07, 6.45) is -4.45. The lowest BCUT2D eigenvalue weighted by molar-refractivity contribution is -0.160. The van der Waals surface area contributed by atoms with Crippen molar-refractivity contribution in [3.8, 4) is 0 Å². The van der Waals surface area contributed by atoms with Crippen molar-refractivity contribution in [1.29, 1.82) is 0 Å². The fourth-order valence-electron chi connectivity index (χ4n) is 1.57. The van der Waals surface area contributed by atoms with Crippen LogP contribution < -0.4 is 5.73 Å². The fourth-order valence-corrected chi connectivity index (χ4v) is 2.50. The Labute approximate surface area is 111 Å². The normalized spacial score (nSPS) is 14.8. The largest absolute Gasteiger partial charge is 0.404 e. The minimum absolute atomic E-state index is 0.380. The number of hydrogen-bond acceptors (Lipinski definition) is 1. The number of hydrogen-bond donors (Lipinski definition) is 1. The highest BCUT2D eigenvalue weighted by atomic mass is 79.9. The average molecular weight is 331 g/mol. The van der Waals surface area contributed by atoms with E-state index in [2.05, 4.69) is 15.9 Å². The topological polar surface area (TPSA) is 26.0 Å². The smallest absolute Gasteiger partial charge is 0.319 e. The molecule has 1 aromatic carbocycles. The van der Waals surface area contributed by atoms with E-state index >= 15 is 0 Å². The summed E-state index contributed by atoms with van der Waals surface area (Å²) in [5.74, 6) is 0. The molecule has 2 N–H and O–H groups in total. The van der Waals surface area contributed by atoms with Crippen LogP contribution in [0, 0.1) is 0 Å². The molecule has 1 rings (SSSR count). The second-order valence-electron chi connectivity index (χ2n) is 4.37. The van der Waals surface area contributed by atoms with Crippen LogP contribution in [0.15, 0.2) is 22.7 Å². The summed E-state index contributed by atoms with van der Waals surface area (Å²) in [7, 11) is 0. The first-order valence-electron chi connectivity index (χ1n) is 4.84. The Balaban J connectivity index is 3.25. The van der Waals surface area contributed by atoms with Crippen LogP contribution >= 0.6 is 27.5 Å². The minimum atomic E-state index is -4.45. The van der Waals surface area contributed by atoms with Gasteiger partial charge in [0, 0.05) is 14.9 Å². The number of rotatable bonds is 2. The minimum Gasteiger partial charge on any atom is -0.319 e. The summed E-state index contributed by atoms with van der Waals surface area (Å²) in [6.45, 7) is 2.89. The second-order valence-corrected chi connectivity index (χ2v) is 5.66. The third-order valence-corrected chi connectivity index (χ3v) is 3.68. The quantitative estimate of drug-likeness (QED) is 0.861. The third kappa shape index (κ3) is 3.14. The zero-order chi connectivity index (χ0) is 13.4. The van der Waals surface area contributed by atoms with Crippen molar-refractivity contribution in [2.75, 3.05) is 0 Å². The first kappa shape index (κ1) is 14.8. The van der Waals surface area contributed by atoms with E-state index in [9.17, 15) is 13.2 Å². The van der Waals surface area contributed by atoms with E-state index < -0.39 is 17.6 Å². The monoisotopic (exact) mass is 329 g/mol. The van der Waals surface area contributed by atoms with Crippen molar-refractivity contribution in [2.24, 2.45) is 5.73 Å². The zero-order valence-corrected chi connectivity index (χ0v) is 11.6. The predicted molar refractivity (Wildman–Crippen MR) is 66.2 cm³/mol. The van der Waals surface area contributed by atoms with E-state index in [1.807, 2.05) is 0 Å². The third-order valence-electron chi connectivity index (χ3n) is 2.75. The van der Waals surface area contributed by atoms with Crippen LogP contribution in [0.1, 0.15) is 19.4 Å². The molecule has 0 amide bonds. The number of benzene rings is 1. The summed E-state index contributed by atoms with van der Waals surface area (Å²) in [4.78, 5) is 0. The maximum absolute atomic E-state index is 12.7. The van der Waals surface area contributed by atoms with E-state index in [-0.39, 0.29) is 0 Å². The van der Waals surface area contributed by atoms with E-state index in [0.717, 1.165) is 0 Å². The lowest BCUT2D eigenvalue weighted by atomic mass is 9.78. The molecule has 0 radical (unpaired) electrons. The van der Waals surface area contributed by atoms with Gasteiger partial charge in [0.05, 0.1) is 0 Å². The van der Waals surface area contributed by atoms with Crippen molar-refractivity contribution < 1.29 is 13.2 Å². The summed E-state index contributed by atoms with van der Waals surface area (Å²) in [5.41, 5.74) is 4.47. The first-order valence-corrected chi connectivity index (χ1v) is 6.01. The Bertz CT molecular complexity index is 418. The van der Waals surface area contributed by atoms with Crippen molar-refractivity contribution in [3.63, 3.8) is 0 Å². The molecule has 0 saturated carbocycles. The molecular formula is C11H12BrClF3N. The Morgan fingerprint density at radius 1 is 1.29 bits per heavy atom. The molecule has 0 aliphatic carbocycles. The van der Waals surface area contributed by atoms with Gasteiger partial charge in [-0.05, 0) is 23.8 Å². The van der Waals surface area contributed by atoms with Gasteiger partial charge in [0.1, 0.15) is 6.04 Å². The lowest BCUT2D eigenvalue weighted by Gasteiger charge is -2.34. The van der Waals surface area contributed by atoms with Gasteiger partial charge in [-0.1, -0.05) is 41.4 Å². The van der Waals surface area contributed by atoms with Gasteiger partial charge in [0.2, 0.25) is 0 Å². The molecule has 0 heterocycles. The van der Waals surface area contributed by atoms with Crippen LogP contribution in [0.5, 0.6) is 0 Å². The van der Waals surface area contributed by atoms with E-state index in [0.29, 0.717) is 15.1 Å². The van der Waals surface area contributed by atoms with Gasteiger partial charge in [-0.25, -0.2) is 0 Å². The molecule has 96 valence electrons. The van der Waals surface area contributed by atoms with Gasteiger partial charge in [0.25, 0.3) is 0 Å².